The zero-order valence-electron chi connectivity index (χ0n) is 50.2. The SMILES string of the molecule is CC(C)(C)c1ccc(-c2nc(-c3ccc(-n4c5ccccc5c5cc6c(cc54)c4ccccc4n6-c4ccc(-c5nc(-c6ccc(C(C)(C)C)cc6)nc(-c6ccc(C(C)(C)C)cc6)n5)cc4)cc3)nc(-c3ccc(C(C)(C)C)cc3)n2)cc1. The van der Waals surface area contributed by atoms with Crippen molar-refractivity contribution in [3.05, 3.63) is 229 Å². The van der Waals surface area contributed by atoms with Crippen LogP contribution in [-0.2, 0) is 21.7 Å². The Kier molecular flexibility index (Phi) is 13.0. The first-order valence-electron chi connectivity index (χ1n) is 29.3. The van der Waals surface area contributed by atoms with Crippen LogP contribution in [0.1, 0.15) is 105 Å². The zero-order chi connectivity index (χ0) is 58.5. The van der Waals surface area contributed by atoms with Crippen LogP contribution in [0.3, 0.4) is 0 Å². The summed E-state index contributed by atoms with van der Waals surface area (Å²) in [6.45, 7) is 26.8. The van der Waals surface area contributed by atoms with Gasteiger partial charge in [-0.25, -0.2) is 29.9 Å². The van der Waals surface area contributed by atoms with Crippen molar-refractivity contribution in [3.8, 4) is 79.7 Å². The monoisotopic (exact) mass is 1090 g/mol. The fourth-order valence-electron chi connectivity index (χ4n) is 11.5. The largest absolute Gasteiger partial charge is 0.309 e. The minimum atomic E-state index is 0.0246. The molecule has 0 aliphatic heterocycles. The van der Waals surface area contributed by atoms with E-state index < -0.39 is 0 Å². The highest BCUT2D eigenvalue weighted by Gasteiger charge is 2.23. The van der Waals surface area contributed by atoms with Crippen molar-refractivity contribution in [1.82, 2.24) is 39.0 Å². The molecular formula is C76H70N8. The fourth-order valence-corrected chi connectivity index (χ4v) is 11.5. The summed E-state index contributed by atoms with van der Waals surface area (Å²) >= 11 is 0. The maximum absolute atomic E-state index is 5.16. The van der Waals surface area contributed by atoms with Gasteiger partial charge in [0, 0.05) is 66.3 Å². The van der Waals surface area contributed by atoms with E-state index >= 15 is 0 Å². The summed E-state index contributed by atoms with van der Waals surface area (Å²) in [7, 11) is 0. The molecule has 0 spiro atoms. The predicted octanol–water partition coefficient (Wildman–Crippen LogP) is 19.4. The van der Waals surface area contributed by atoms with Crippen molar-refractivity contribution in [3.63, 3.8) is 0 Å². The summed E-state index contributed by atoms with van der Waals surface area (Å²) in [4.78, 5) is 30.8. The van der Waals surface area contributed by atoms with Crippen molar-refractivity contribution >= 4 is 43.6 Å². The van der Waals surface area contributed by atoms with Gasteiger partial charge < -0.3 is 9.13 Å². The fraction of sp³-hybridized carbons (Fsp3) is 0.211. The van der Waals surface area contributed by atoms with Gasteiger partial charge in [0.1, 0.15) is 0 Å². The van der Waals surface area contributed by atoms with Gasteiger partial charge in [0.15, 0.2) is 34.9 Å². The molecule has 0 aliphatic carbocycles. The second-order valence-corrected chi connectivity index (χ2v) is 26.6. The topological polar surface area (TPSA) is 87.2 Å². The number of hydrogen-bond donors (Lipinski definition) is 0. The molecule has 8 nitrogen and oxygen atoms in total. The van der Waals surface area contributed by atoms with Crippen LogP contribution in [0.4, 0.5) is 0 Å². The lowest BCUT2D eigenvalue weighted by Gasteiger charge is -2.19. The molecule has 0 N–H and O–H groups in total. The molecule has 0 unspecified atom stereocenters. The van der Waals surface area contributed by atoms with E-state index in [1.165, 1.54) is 43.8 Å². The van der Waals surface area contributed by atoms with E-state index in [9.17, 15) is 0 Å². The number of hydrogen-bond acceptors (Lipinski definition) is 6. The molecule has 84 heavy (non-hydrogen) atoms. The van der Waals surface area contributed by atoms with Crippen molar-refractivity contribution in [1.29, 1.82) is 0 Å². The first-order chi connectivity index (χ1) is 40.1. The Bertz CT molecular complexity index is 4160. The van der Waals surface area contributed by atoms with Gasteiger partial charge >= 0.3 is 0 Å². The van der Waals surface area contributed by atoms with E-state index in [2.05, 4.69) is 298 Å². The number of fused-ring (bicyclic) bond motifs is 6. The van der Waals surface area contributed by atoms with Gasteiger partial charge in [0.25, 0.3) is 0 Å². The first kappa shape index (κ1) is 53.9. The van der Waals surface area contributed by atoms with E-state index in [-0.39, 0.29) is 21.7 Å². The van der Waals surface area contributed by atoms with E-state index in [0.29, 0.717) is 34.9 Å². The number of nitrogens with zero attached hydrogens (tertiary/aromatic N) is 8. The Labute approximate surface area is 493 Å². The van der Waals surface area contributed by atoms with Gasteiger partial charge in [0.05, 0.1) is 22.1 Å². The summed E-state index contributed by atoms with van der Waals surface area (Å²) in [5.74, 6) is 3.81. The van der Waals surface area contributed by atoms with Crippen LogP contribution in [0.2, 0.25) is 0 Å². The highest BCUT2D eigenvalue weighted by molar-refractivity contribution is 6.19. The molecule has 0 aliphatic rings. The quantitative estimate of drug-likeness (QED) is 0.151. The molecule has 13 aromatic rings. The summed E-state index contributed by atoms with van der Waals surface area (Å²) in [6, 6.07) is 74.1. The standard InChI is InChI=1S/C76H70N8/c1-73(2,3)53-33-21-47(22-34-53)67-77-68(48-23-35-54(36-24-48)74(4,5)6)80-71(79-67)51-29-41-57(42-30-51)83-63-19-15-13-17-59(63)61-46-66-62(45-65(61)83)60-18-14-16-20-64(60)84(66)58-43-31-52(32-44-58)72-81-69(49-25-37-55(38-26-49)75(7,8)9)78-70(82-72)50-27-39-56(40-28-50)76(10,11)12/h13-46H,1-12H3. The third-order valence-corrected chi connectivity index (χ3v) is 16.5. The first-order valence-corrected chi connectivity index (χ1v) is 29.3. The van der Waals surface area contributed by atoms with Crippen LogP contribution in [0.15, 0.2) is 206 Å². The van der Waals surface area contributed by atoms with Gasteiger partial charge in [-0.3, -0.25) is 0 Å². The smallest absolute Gasteiger partial charge is 0.164 e. The van der Waals surface area contributed by atoms with E-state index in [1.807, 2.05) is 0 Å². The Hall–Kier alpha value is -9.40. The average molecular weight is 1100 g/mol. The Morgan fingerprint density at radius 1 is 0.226 bits per heavy atom. The third-order valence-electron chi connectivity index (χ3n) is 16.5. The van der Waals surface area contributed by atoms with Crippen molar-refractivity contribution in [2.75, 3.05) is 0 Å². The molecule has 0 saturated heterocycles. The Morgan fingerprint density at radius 3 is 0.667 bits per heavy atom. The van der Waals surface area contributed by atoms with Crippen LogP contribution >= 0.6 is 0 Å². The van der Waals surface area contributed by atoms with Gasteiger partial charge in [-0.2, -0.15) is 0 Å². The maximum atomic E-state index is 5.16. The van der Waals surface area contributed by atoms with Crippen molar-refractivity contribution in [2.24, 2.45) is 0 Å². The molecule has 414 valence electrons. The number of rotatable bonds is 8. The molecular weight excluding hydrogens is 1020 g/mol. The predicted molar refractivity (Wildman–Crippen MR) is 349 cm³/mol. The van der Waals surface area contributed by atoms with Gasteiger partial charge in [0.2, 0.25) is 0 Å². The highest BCUT2D eigenvalue weighted by atomic mass is 15.0. The molecule has 0 radical (unpaired) electrons. The van der Waals surface area contributed by atoms with Gasteiger partial charge in [-0.05, 0) is 117 Å². The van der Waals surface area contributed by atoms with Crippen molar-refractivity contribution in [2.45, 2.75) is 105 Å². The van der Waals surface area contributed by atoms with E-state index in [1.54, 1.807) is 0 Å². The molecule has 9 aromatic carbocycles. The summed E-state index contributed by atoms with van der Waals surface area (Å²) in [5.41, 5.74) is 17.3. The molecule has 8 heteroatoms. The lowest BCUT2D eigenvalue weighted by Crippen LogP contribution is -2.11. The van der Waals surface area contributed by atoms with E-state index in [0.717, 1.165) is 66.8 Å². The number of aromatic nitrogens is 8. The van der Waals surface area contributed by atoms with E-state index in [4.69, 9.17) is 29.9 Å². The minimum absolute atomic E-state index is 0.0246. The molecule has 4 aromatic heterocycles. The van der Waals surface area contributed by atoms with Crippen LogP contribution in [0.25, 0.3) is 123 Å². The lowest BCUT2D eigenvalue weighted by molar-refractivity contribution is 0.590. The minimum Gasteiger partial charge on any atom is -0.309 e. The summed E-state index contributed by atoms with van der Waals surface area (Å²) in [6.07, 6.45) is 0. The second-order valence-electron chi connectivity index (χ2n) is 26.6. The molecule has 0 saturated carbocycles. The molecule has 4 heterocycles. The number of para-hydroxylation sites is 2. The average Bonchev–Trinajstić information content (AvgIpc) is 2.19. The molecule has 0 fully saturated rings. The lowest BCUT2D eigenvalue weighted by atomic mass is 9.86. The third kappa shape index (κ3) is 10.0. The van der Waals surface area contributed by atoms with Crippen LogP contribution in [0.5, 0.6) is 0 Å². The van der Waals surface area contributed by atoms with Crippen LogP contribution < -0.4 is 0 Å². The molecule has 13 rings (SSSR count). The summed E-state index contributed by atoms with van der Waals surface area (Å²) in [5, 5.41) is 4.69. The zero-order valence-corrected chi connectivity index (χ0v) is 50.2. The highest BCUT2D eigenvalue weighted by Crippen LogP contribution is 2.41. The molecule has 0 atom stereocenters. The summed E-state index contributed by atoms with van der Waals surface area (Å²) < 4.78 is 4.78. The second kappa shape index (κ2) is 20.2. The number of benzene rings is 9. The molecule has 0 bridgehead atoms. The van der Waals surface area contributed by atoms with Gasteiger partial charge in [-0.15, -0.1) is 0 Å². The Balaban J connectivity index is 0.891. The van der Waals surface area contributed by atoms with Crippen LogP contribution in [-0.4, -0.2) is 39.0 Å². The maximum Gasteiger partial charge on any atom is 0.164 e. The molecule has 0 amide bonds. The Morgan fingerprint density at radius 2 is 0.440 bits per heavy atom. The van der Waals surface area contributed by atoms with Crippen LogP contribution in [0, 0.1) is 0 Å². The van der Waals surface area contributed by atoms with Gasteiger partial charge in [-0.1, -0.05) is 217 Å². The normalized spacial score (nSPS) is 12.5. The van der Waals surface area contributed by atoms with Crippen molar-refractivity contribution < 1.29 is 0 Å².